The Kier molecular flexibility index (Phi) is 10.4. The van der Waals surface area contributed by atoms with Gasteiger partial charge in [-0.1, -0.05) is 13.0 Å². The predicted molar refractivity (Wildman–Crippen MR) is 96.0 cm³/mol. The van der Waals surface area contributed by atoms with E-state index >= 15 is 0 Å². The maximum absolute atomic E-state index is 5.93. The summed E-state index contributed by atoms with van der Waals surface area (Å²) in [5.74, 6) is 2.45. The number of rotatable bonds is 9. The van der Waals surface area contributed by atoms with E-state index in [0.717, 1.165) is 11.3 Å². The van der Waals surface area contributed by atoms with Gasteiger partial charge >= 0.3 is 68.9 Å². The summed E-state index contributed by atoms with van der Waals surface area (Å²) in [7, 11) is 1.65. The first-order valence-electron chi connectivity index (χ1n) is 8.30. The van der Waals surface area contributed by atoms with Gasteiger partial charge in [-0.3, -0.25) is 0 Å². The monoisotopic (exact) mass is 496 g/mol. The molecule has 136 valence electrons. The molecule has 5 nitrogen and oxygen atoms in total. The van der Waals surface area contributed by atoms with Crippen LogP contribution in [0.15, 0.2) is 35.7 Å². The fourth-order valence-electron chi connectivity index (χ4n) is 2.44. The van der Waals surface area contributed by atoms with Crippen molar-refractivity contribution in [1.82, 2.24) is 0 Å². The number of ether oxygens (including phenoxy) is 5. The van der Waals surface area contributed by atoms with Crippen molar-refractivity contribution in [1.29, 1.82) is 0 Å². The first kappa shape index (κ1) is 22.6. The molecule has 0 aliphatic carbocycles. The molecule has 1 aliphatic heterocycles. The number of hydrogen-bond donors (Lipinski definition) is 0. The van der Waals surface area contributed by atoms with Crippen LogP contribution in [-0.2, 0) is 16.1 Å². The van der Waals surface area contributed by atoms with Crippen LogP contribution in [0, 0.1) is 12.5 Å². The van der Waals surface area contributed by atoms with Gasteiger partial charge in [-0.15, -0.1) is 17.3 Å². The number of thiophene rings is 1. The van der Waals surface area contributed by atoms with Crippen molar-refractivity contribution >= 4 is 11.3 Å². The summed E-state index contributed by atoms with van der Waals surface area (Å²) in [6.07, 6.45) is 0.564. The molecule has 2 aromatic rings. The molecule has 1 aromatic carbocycles. The van der Waals surface area contributed by atoms with Crippen LogP contribution >= 0.6 is 11.3 Å². The first-order chi connectivity index (χ1) is 12.2. The number of hydrogen-bond acceptors (Lipinski definition) is 6. The maximum atomic E-state index is 5.93. The third-order valence-corrected chi connectivity index (χ3v) is 4.52. The van der Waals surface area contributed by atoms with Crippen LogP contribution in [0.4, 0.5) is 0 Å². The van der Waals surface area contributed by atoms with Crippen LogP contribution in [-0.4, -0.2) is 26.6 Å². The van der Waals surface area contributed by atoms with Gasteiger partial charge in [-0.25, -0.2) is 6.61 Å². The molecule has 0 amide bonds. The molecule has 7 heteroatoms. The normalized spacial score (nSPS) is 19.0. The third kappa shape index (κ3) is 7.37. The van der Waals surface area contributed by atoms with Crippen LogP contribution in [0.5, 0.6) is 17.2 Å². The summed E-state index contributed by atoms with van der Waals surface area (Å²) in [5, 5.41) is 2.03. The number of benzene rings is 1. The SMILES string of the molecule is COCCOc1cc(OCc2cccs2)cc(OC2C[C@@H](C)[CH-]O2)c1.[Cs+]. The quantitative estimate of drug-likeness (QED) is 0.387. The summed E-state index contributed by atoms with van der Waals surface area (Å²) in [4.78, 5) is 1.16. The maximum Gasteiger partial charge on any atom is 1.00 e. The average molecular weight is 496 g/mol. The molecule has 0 saturated carbocycles. The van der Waals surface area contributed by atoms with Gasteiger partial charge in [-0.2, -0.15) is 0 Å². The second-order valence-corrected chi connectivity index (χ2v) is 6.91. The van der Waals surface area contributed by atoms with E-state index in [-0.39, 0.29) is 75.2 Å². The second kappa shape index (κ2) is 12.0. The summed E-state index contributed by atoms with van der Waals surface area (Å²) >= 11 is 1.67. The molecule has 1 aromatic heterocycles. The molecule has 0 radical (unpaired) electrons. The fourth-order valence-corrected chi connectivity index (χ4v) is 3.05. The molecule has 2 atom stereocenters. The zero-order chi connectivity index (χ0) is 17.5. The van der Waals surface area contributed by atoms with Crippen molar-refractivity contribution in [3.05, 3.63) is 47.2 Å². The van der Waals surface area contributed by atoms with E-state index in [0.29, 0.717) is 43.0 Å². The van der Waals surface area contributed by atoms with Gasteiger partial charge in [-0.05, 0) is 17.9 Å². The Morgan fingerprint density at radius 3 is 2.58 bits per heavy atom. The van der Waals surface area contributed by atoms with E-state index in [4.69, 9.17) is 23.7 Å². The van der Waals surface area contributed by atoms with Crippen molar-refractivity contribution in [2.75, 3.05) is 20.3 Å². The van der Waals surface area contributed by atoms with Gasteiger partial charge in [0.2, 0.25) is 0 Å². The Hall–Kier alpha value is 0.292. The summed E-state index contributed by atoms with van der Waals surface area (Å²) in [5.41, 5.74) is 0. The molecular formula is C19H23CsO5S. The van der Waals surface area contributed by atoms with Crippen molar-refractivity contribution in [2.45, 2.75) is 26.2 Å². The van der Waals surface area contributed by atoms with Gasteiger partial charge in [0.1, 0.15) is 30.5 Å². The van der Waals surface area contributed by atoms with Crippen LogP contribution in [0.2, 0.25) is 0 Å². The number of methoxy groups -OCH3 is 1. The first-order valence-corrected chi connectivity index (χ1v) is 9.18. The van der Waals surface area contributed by atoms with Gasteiger partial charge in [0.05, 0.1) is 6.61 Å². The van der Waals surface area contributed by atoms with Crippen molar-refractivity contribution in [2.24, 2.45) is 5.92 Å². The molecule has 2 heterocycles. The summed E-state index contributed by atoms with van der Waals surface area (Å²) in [6.45, 7) is 5.42. The minimum atomic E-state index is -0.269. The molecule has 1 aliphatic rings. The smallest absolute Gasteiger partial charge is 0.520 e. The van der Waals surface area contributed by atoms with E-state index in [1.165, 1.54) is 0 Å². The second-order valence-electron chi connectivity index (χ2n) is 5.88. The minimum absolute atomic E-state index is 0. The molecule has 0 N–H and O–H groups in total. The molecule has 0 bridgehead atoms. The van der Waals surface area contributed by atoms with Gasteiger partial charge < -0.3 is 23.7 Å². The van der Waals surface area contributed by atoms with E-state index < -0.39 is 0 Å². The Balaban J connectivity index is 0.00000243. The molecule has 3 rings (SSSR count). The Morgan fingerprint density at radius 1 is 1.15 bits per heavy atom. The van der Waals surface area contributed by atoms with E-state index in [1.807, 2.05) is 42.3 Å². The zero-order valence-corrected chi connectivity index (χ0v) is 22.6. The molecule has 1 unspecified atom stereocenters. The van der Waals surface area contributed by atoms with Crippen molar-refractivity contribution < 1.29 is 92.6 Å². The van der Waals surface area contributed by atoms with Crippen molar-refractivity contribution in [3.63, 3.8) is 0 Å². The summed E-state index contributed by atoms with van der Waals surface area (Å²) < 4.78 is 28.1. The van der Waals surface area contributed by atoms with E-state index in [9.17, 15) is 0 Å². The Bertz CT molecular complexity index is 649. The fraction of sp³-hybridized carbons (Fsp3) is 0.421. The minimum Gasteiger partial charge on any atom is -0.520 e. The van der Waals surface area contributed by atoms with E-state index in [1.54, 1.807) is 18.4 Å². The van der Waals surface area contributed by atoms with Crippen LogP contribution in [0.3, 0.4) is 0 Å². The van der Waals surface area contributed by atoms with E-state index in [2.05, 4.69) is 6.92 Å². The summed E-state index contributed by atoms with van der Waals surface area (Å²) in [6, 6.07) is 9.63. The van der Waals surface area contributed by atoms with Gasteiger partial charge in [0.15, 0.2) is 6.29 Å². The molecule has 1 fully saturated rings. The third-order valence-electron chi connectivity index (χ3n) is 3.67. The molecule has 1 saturated heterocycles. The largest absolute Gasteiger partial charge is 1.00 e. The molecule has 26 heavy (non-hydrogen) atoms. The Labute approximate surface area is 217 Å². The molecule has 0 spiro atoms. The van der Waals surface area contributed by atoms with Gasteiger partial charge in [0, 0.05) is 30.2 Å². The average Bonchev–Trinajstić information content (AvgIpc) is 3.25. The topological polar surface area (TPSA) is 46.2 Å². The Morgan fingerprint density at radius 2 is 1.92 bits per heavy atom. The van der Waals surface area contributed by atoms with Crippen LogP contribution in [0.25, 0.3) is 0 Å². The van der Waals surface area contributed by atoms with Crippen LogP contribution < -0.4 is 83.1 Å². The van der Waals surface area contributed by atoms with Crippen LogP contribution in [0.1, 0.15) is 18.2 Å². The van der Waals surface area contributed by atoms with Gasteiger partial charge in [0.25, 0.3) is 0 Å². The standard InChI is InChI=1S/C19H23O5S.Cs/c1-14-8-19(23-12-14)24-17-10-15(21-6-5-20-2)9-16(11-17)22-13-18-4-3-7-25-18;/h3-4,7,9-12,14,19H,5-6,8,13H2,1-2H3;/q-1;+1/t14-,19?;/m1./s1. The molecular weight excluding hydrogens is 473 g/mol. The zero-order valence-electron chi connectivity index (χ0n) is 15.5. The predicted octanol–water partition coefficient (Wildman–Crippen LogP) is 1.28. The van der Waals surface area contributed by atoms with Crippen molar-refractivity contribution in [3.8, 4) is 17.2 Å².